The maximum absolute atomic E-state index is 13.4. The number of rotatable bonds is 10. The molecule has 0 aromatic heterocycles. The van der Waals surface area contributed by atoms with Gasteiger partial charge in [-0.1, -0.05) is 43.0 Å². The third-order valence-corrected chi connectivity index (χ3v) is 8.27. The van der Waals surface area contributed by atoms with Gasteiger partial charge in [0, 0.05) is 69.0 Å². The Morgan fingerprint density at radius 1 is 1.09 bits per heavy atom. The Morgan fingerprint density at radius 3 is 2.42 bits per heavy atom. The second-order valence-electron chi connectivity index (χ2n) is 11.5. The Hall–Kier alpha value is -3.65. The molecule has 2 aliphatic rings. The van der Waals surface area contributed by atoms with E-state index in [4.69, 9.17) is 10.1 Å². The van der Waals surface area contributed by atoms with Crippen molar-refractivity contribution < 1.29 is 13.5 Å². The van der Waals surface area contributed by atoms with Crippen molar-refractivity contribution in [3.8, 4) is 0 Å². The minimum absolute atomic E-state index is 0.204. The van der Waals surface area contributed by atoms with Gasteiger partial charge in [0.05, 0.1) is 11.9 Å². The fraction of sp³-hybridized carbons (Fsp3) is 0.361. The van der Waals surface area contributed by atoms with Crippen molar-refractivity contribution in [2.75, 3.05) is 38.6 Å². The van der Waals surface area contributed by atoms with Gasteiger partial charge < -0.3 is 15.5 Å². The number of nitrogens with zero attached hydrogens (tertiary/aromatic N) is 2. The molecule has 0 spiro atoms. The zero-order valence-corrected chi connectivity index (χ0v) is 25.5. The third-order valence-electron chi connectivity index (χ3n) is 8.27. The lowest BCUT2D eigenvalue weighted by Gasteiger charge is -2.46. The van der Waals surface area contributed by atoms with E-state index in [1.165, 1.54) is 54.1 Å². The summed E-state index contributed by atoms with van der Waals surface area (Å²) in [6.45, 7) is 11.9. The van der Waals surface area contributed by atoms with Crippen LogP contribution in [0.3, 0.4) is 0 Å². The number of hydrogen-bond donors (Lipinski definition) is 2. The van der Waals surface area contributed by atoms with Crippen LogP contribution in [0.25, 0.3) is 0 Å². The number of ether oxygens (including phenoxy) is 1. The summed E-state index contributed by atoms with van der Waals surface area (Å²) in [5.74, 6) is 0.213. The minimum Gasteiger partial charge on any atom is -0.381 e. The van der Waals surface area contributed by atoms with E-state index in [1.807, 2.05) is 7.11 Å². The quantitative estimate of drug-likeness (QED) is 0.186. The second-order valence-corrected chi connectivity index (χ2v) is 11.5. The highest BCUT2D eigenvalue weighted by Gasteiger charge is 2.35. The number of aryl methyl sites for hydroxylation is 1. The zero-order valence-electron chi connectivity index (χ0n) is 25.5. The highest BCUT2D eigenvalue weighted by molar-refractivity contribution is 5.88. The summed E-state index contributed by atoms with van der Waals surface area (Å²) in [4.78, 5) is 5.21. The van der Waals surface area contributed by atoms with Crippen molar-refractivity contribution in [3.05, 3.63) is 119 Å². The summed E-state index contributed by atoms with van der Waals surface area (Å²) >= 11 is 0. The molecule has 5 nitrogen and oxygen atoms in total. The van der Waals surface area contributed by atoms with Crippen LogP contribution in [-0.2, 0) is 11.3 Å². The average Bonchev–Trinajstić information content (AvgIpc) is 2.97. The lowest BCUT2D eigenvalue weighted by Crippen LogP contribution is -2.51. The lowest BCUT2D eigenvalue weighted by molar-refractivity contribution is -0.0271. The van der Waals surface area contributed by atoms with E-state index in [0.29, 0.717) is 12.0 Å². The first-order valence-electron chi connectivity index (χ1n) is 14.9. The van der Waals surface area contributed by atoms with Crippen molar-refractivity contribution in [1.82, 2.24) is 9.80 Å². The fourth-order valence-corrected chi connectivity index (χ4v) is 5.90. The molecule has 0 bridgehead atoms. The van der Waals surface area contributed by atoms with Crippen LogP contribution in [0.15, 0.2) is 91.3 Å². The summed E-state index contributed by atoms with van der Waals surface area (Å²) in [5, 5.41) is 11.5. The number of anilines is 2. The Balaban J connectivity index is 0.000000641. The molecule has 2 fully saturated rings. The van der Waals surface area contributed by atoms with Gasteiger partial charge in [-0.3, -0.25) is 9.80 Å². The van der Waals surface area contributed by atoms with Crippen LogP contribution < -0.4 is 5.32 Å². The van der Waals surface area contributed by atoms with E-state index in [9.17, 15) is 8.78 Å². The molecule has 1 unspecified atom stereocenters. The number of allylic oxidation sites excluding steroid dienone is 3. The monoisotopic (exact) mass is 586 g/mol. The van der Waals surface area contributed by atoms with Gasteiger partial charge in [-0.25, -0.2) is 8.78 Å². The predicted octanol–water partition coefficient (Wildman–Crippen LogP) is 8.20. The van der Waals surface area contributed by atoms with E-state index < -0.39 is 0 Å². The molecule has 5 rings (SSSR count). The average molecular weight is 587 g/mol. The molecule has 7 heteroatoms. The van der Waals surface area contributed by atoms with Crippen LogP contribution in [0.4, 0.5) is 20.2 Å². The molecular formula is C36H44F2N4O. The van der Waals surface area contributed by atoms with E-state index in [-0.39, 0.29) is 17.7 Å². The smallest absolute Gasteiger partial charge is 0.123 e. The summed E-state index contributed by atoms with van der Waals surface area (Å²) in [6.07, 6.45) is 6.82. The van der Waals surface area contributed by atoms with Crippen LogP contribution in [-0.4, -0.2) is 55.4 Å². The lowest BCUT2D eigenvalue weighted by atomic mass is 9.81. The van der Waals surface area contributed by atoms with Gasteiger partial charge in [0.2, 0.25) is 0 Å². The third kappa shape index (κ3) is 9.17. The van der Waals surface area contributed by atoms with Gasteiger partial charge in [0.1, 0.15) is 5.82 Å². The normalized spacial score (nSPS) is 20.9. The van der Waals surface area contributed by atoms with Crippen molar-refractivity contribution >= 4 is 17.6 Å². The van der Waals surface area contributed by atoms with Gasteiger partial charge >= 0.3 is 0 Å². The van der Waals surface area contributed by atoms with Gasteiger partial charge in [-0.2, -0.15) is 0 Å². The number of nitrogens with one attached hydrogen (secondary N) is 2. The summed E-state index contributed by atoms with van der Waals surface area (Å²) in [7, 11) is 1.82. The molecule has 2 N–H and O–H groups in total. The van der Waals surface area contributed by atoms with Crippen molar-refractivity contribution in [2.24, 2.45) is 5.92 Å². The van der Waals surface area contributed by atoms with Crippen LogP contribution >= 0.6 is 0 Å². The molecule has 1 saturated heterocycles. The summed E-state index contributed by atoms with van der Waals surface area (Å²) < 4.78 is 30.4. The van der Waals surface area contributed by atoms with E-state index in [2.05, 4.69) is 71.1 Å². The first-order valence-corrected chi connectivity index (χ1v) is 14.9. The number of halogens is 2. The standard InChI is InChI=1S/C31H37FN4O.C5H7F/c1-22-14-30(34-27-10-8-26(32)9-11-27)25(18-33)17-29(22)31-21-35(19-23-6-4-3-5-7-23)12-13-36(31)20-24-15-28(16-24)37-2;1-3-4-5(2)6/h3-11,14,17-18,24,28,31,33-34H,12-13,15-16,19-21H2,1-2H3;3-4H,1H2,2H3/b;5-4+. The van der Waals surface area contributed by atoms with Crippen LogP contribution in [0.1, 0.15) is 48.1 Å². The topological polar surface area (TPSA) is 51.6 Å². The number of methoxy groups -OCH3 is 1. The number of piperazine rings is 1. The fourth-order valence-electron chi connectivity index (χ4n) is 5.90. The highest BCUT2D eigenvalue weighted by Crippen LogP contribution is 2.36. The highest BCUT2D eigenvalue weighted by atomic mass is 19.1. The molecular weight excluding hydrogens is 542 g/mol. The molecule has 1 aliphatic carbocycles. The first-order chi connectivity index (χ1) is 20.8. The van der Waals surface area contributed by atoms with E-state index in [0.717, 1.165) is 62.5 Å². The Morgan fingerprint density at radius 2 is 1.81 bits per heavy atom. The number of hydrogen-bond acceptors (Lipinski definition) is 5. The Kier molecular flexibility index (Phi) is 11.8. The number of benzene rings is 3. The van der Waals surface area contributed by atoms with Crippen LogP contribution in [0.2, 0.25) is 0 Å². The molecule has 0 radical (unpaired) electrons. The van der Waals surface area contributed by atoms with Gasteiger partial charge in [-0.15, -0.1) is 0 Å². The van der Waals surface area contributed by atoms with Crippen molar-refractivity contribution in [2.45, 2.75) is 45.4 Å². The van der Waals surface area contributed by atoms with Crippen molar-refractivity contribution in [1.29, 1.82) is 5.41 Å². The summed E-state index contributed by atoms with van der Waals surface area (Å²) in [6, 6.07) is 21.6. The van der Waals surface area contributed by atoms with E-state index >= 15 is 0 Å². The molecule has 0 amide bonds. The minimum atomic E-state index is -0.259. The van der Waals surface area contributed by atoms with Gasteiger partial charge in [0.25, 0.3) is 0 Å². The SMILES string of the molecule is C=C/C=C(\C)F.COC1CC(CN2CCN(Cc3ccccc3)CC2c2cc(C=N)c(Nc3ccc(F)cc3)cc2C)C1. The molecule has 1 heterocycles. The molecule has 1 saturated carbocycles. The first kappa shape index (κ1) is 32.3. The van der Waals surface area contributed by atoms with Gasteiger partial charge in [0.15, 0.2) is 0 Å². The molecule has 228 valence electrons. The van der Waals surface area contributed by atoms with Gasteiger partial charge in [-0.05, 0) is 91.8 Å². The molecule has 3 aromatic carbocycles. The zero-order chi connectivity index (χ0) is 30.8. The largest absolute Gasteiger partial charge is 0.381 e. The molecule has 43 heavy (non-hydrogen) atoms. The van der Waals surface area contributed by atoms with E-state index in [1.54, 1.807) is 12.1 Å². The predicted molar refractivity (Wildman–Crippen MR) is 173 cm³/mol. The maximum atomic E-state index is 13.4. The maximum Gasteiger partial charge on any atom is 0.123 e. The molecule has 3 aromatic rings. The Labute approximate surface area is 255 Å². The van der Waals surface area contributed by atoms with Crippen LogP contribution in [0.5, 0.6) is 0 Å². The molecule has 1 aliphatic heterocycles. The van der Waals surface area contributed by atoms with Crippen LogP contribution in [0, 0.1) is 24.1 Å². The Bertz CT molecular complexity index is 1370. The second kappa shape index (κ2) is 15.7. The molecule has 1 atom stereocenters. The summed E-state index contributed by atoms with van der Waals surface area (Å²) in [5.41, 5.74) is 6.34. The van der Waals surface area contributed by atoms with Crippen molar-refractivity contribution in [3.63, 3.8) is 0 Å².